The van der Waals surface area contributed by atoms with E-state index in [9.17, 15) is 4.79 Å². The van der Waals surface area contributed by atoms with Gasteiger partial charge < -0.3 is 14.4 Å². The molecule has 0 saturated carbocycles. The minimum Gasteiger partial charge on any atom is -0.341 e. The molecule has 1 atom stereocenters. The molecule has 2 aliphatic heterocycles. The highest BCUT2D eigenvalue weighted by Gasteiger charge is 2.48. The molecule has 128 valence electrons. The molecule has 1 spiro atoms. The maximum Gasteiger partial charge on any atom is 0.230 e. The van der Waals surface area contributed by atoms with Crippen molar-refractivity contribution in [3.63, 3.8) is 0 Å². The SMILES string of the molecule is CN(C)CCN1CC[C@@]2(CCCN(Cc3nccn3C)C2)C1=O. The van der Waals surface area contributed by atoms with Crippen LogP contribution < -0.4 is 0 Å². The van der Waals surface area contributed by atoms with Crippen molar-refractivity contribution in [2.24, 2.45) is 12.5 Å². The third kappa shape index (κ3) is 3.43. The maximum atomic E-state index is 13.0. The highest BCUT2D eigenvalue weighted by Crippen LogP contribution is 2.40. The Bertz CT molecular complexity index is 555. The van der Waals surface area contributed by atoms with Gasteiger partial charge in [0.2, 0.25) is 5.91 Å². The zero-order valence-corrected chi connectivity index (χ0v) is 14.7. The average Bonchev–Trinajstić information content (AvgIpc) is 3.04. The first kappa shape index (κ1) is 16.5. The van der Waals surface area contributed by atoms with E-state index in [0.717, 1.165) is 64.4 Å². The smallest absolute Gasteiger partial charge is 0.230 e. The molecule has 6 heteroatoms. The van der Waals surface area contributed by atoms with E-state index in [-0.39, 0.29) is 5.41 Å². The summed E-state index contributed by atoms with van der Waals surface area (Å²) in [5.41, 5.74) is -0.143. The molecule has 3 heterocycles. The van der Waals surface area contributed by atoms with Gasteiger partial charge in [-0.3, -0.25) is 9.69 Å². The van der Waals surface area contributed by atoms with E-state index in [1.165, 1.54) is 0 Å². The molecule has 2 fully saturated rings. The van der Waals surface area contributed by atoms with Gasteiger partial charge in [0.05, 0.1) is 12.0 Å². The molecule has 0 aliphatic carbocycles. The number of hydrogen-bond acceptors (Lipinski definition) is 4. The van der Waals surface area contributed by atoms with E-state index in [1.54, 1.807) is 0 Å². The third-order valence-corrected chi connectivity index (χ3v) is 5.36. The Morgan fingerprint density at radius 3 is 2.83 bits per heavy atom. The van der Waals surface area contributed by atoms with Crippen molar-refractivity contribution in [2.75, 3.05) is 46.8 Å². The number of piperidine rings is 1. The molecule has 1 aromatic rings. The second-order valence-corrected chi connectivity index (χ2v) is 7.39. The minimum atomic E-state index is -0.143. The van der Waals surface area contributed by atoms with Crippen molar-refractivity contribution in [1.29, 1.82) is 0 Å². The first-order valence-electron chi connectivity index (χ1n) is 8.63. The summed E-state index contributed by atoms with van der Waals surface area (Å²) < 4.78 is 2.07. The third-order valence-electron chi connectivity index (χ3n) is 5.36. The summed E-state index contributed by atoms with van der Waals surface area (Å²) in [6, 6.07) is 0. The lowest BCUT2D eigenvalue weighted by molar-refractivity contribution is -0.139. The number of nitrogens with zero attached hydrogens (tertiary/aromatic N) is 5. The molecule has 0 aromatic carbocycles. The van der Waals surface area contributed by atoms with Gasteiger partial charge >= 0.3 is 0 Å². The molecule has 2 saturated heterocycles. The summed E-state index contributed by atoms with van der Waals surface area (Å²) in [4.78, 5) is 24.0. The van der Waals surface area contributed by atoms with Crippen molar-refractivity contribution in [2.45, 2.75) is 25.8 Å². The van der Waals surface area contributed by atoms with Crippen molar-refractivity contribution in [3.05, 3.63) is 18.2 Å². The Kier molecular flexibility index (Phi) is 4.73. The van der Waals surface area contributed by atoms with Crippen molar-refractivity contribution >= 4 is 5.91 Å². The first-order chi connectivity index (χ1) is 11.0. The molecule has 3 rings (SSSR count). The van der Waals surface area contributed by atoms with Gasteiger partial charge in [0.15, 0.2) is 0 Å². The van der Waals surface area contributed by atoms with Gasteiger partial charge in [-0.05, 0) is 39.9 Å². The molecular weight excluding hydrogens is 290 g/mol. The number of rotatable bonds is 5. The highest BCUT2D eigenvalue weighted by atomic mass is 16.2. The summed E-state index contributed by atoms with van der Waals surface area (Å²) in [7, 11) is 6.16. The van der Waals surface area contributed by atoms with E-state index in [1.807, 2.05) is 19.4 Å². The fraction of sp³-hybridized carbons (Fsp3) is 0.765. The molecule has 6 nitrogen and oxygen atoms in total. The van der Waals surface area contributed by atoms with Gasteiger partial charge in [-0.25, -0.2) is 4.98 Å². The lowest BCUT2D eigenvalue weighted by Gasteiger charge is -2.39. The van der Waals surface area contributed by atoms with Crippen LogP contribution in [0.4, 0.5) is 0 Å². The van der Waals surface area contributed by atoms with Crippen LogP contribution in [-0.4, -0.2) is 77.0 Å². The Morgan fingerprint density at radius 1 is 1.30 bits per heavy atom. The number of likely N-dealkylation sites (tertiary alicyclic amines) is 2. The van der Waals surface area contributed by atoms with Crippen molar-refractivity contribution in [3.8, 4) is 0 Å². The standard InChI is InChI=1S/C17H29N5O/c1-19(2)11-12-22-9-6-17(16(22)23)5-4-8-21(14-17)13-15-18-7-10-20(15)3/h7,10H,4-6,8-9,11-14H2,1-3H3/t17-/m1/s1. The number of hydrogen-bond donors (Lipinski definition) is 0. The highest BCUT2D eigenvalue weighted by molar-refractivity contribution is 5.85. The zero-order valence-electron chi connectivity index (χ0n) is 14.7. The van der Waals surface area contributed by atoms with Crippen LogP contribution in [0, 0.1) is 5.41 Å². The van der Waals surface area contributed by atoms with Gasteiger partial charge in [0, 0.05) is 45.6 Å². The summed E-state index contributed by atoms with van der Waals surface area (Å²) in [6.07, 6.45) is 6.99. The zero-order chi connectivity index (χ0) is 16.4. The minimum absolute atomic E-state index is 0.143. The van der Waals surface area contributed by atoms with Crippen LogP contribution >= 0.6 is 0 Å². The normalized spacial score (nSPS) is 25.9. The topological polar surface area (TPSA) is 44.6 Å². The quantitative estimate of drug-likeness (QED) is 0.805. The number of carbonyl (C=O) groups excluding carboxylic acids is 1. The van der Waals surface area contributed by atoms with Crippen LogP contribution in [0.25, 0.3) is 0 Å². The van der Waals surface area contributed by atoms with E-state index < -0.39 is 0 Å². The summed E-state index contributed by atoms with van der Waals surface area (Å²) in [6.45, 7) is 5.52. The Balaban J connectivity index is 1.63. The molecule has 1 amide bonds. The van der Waals surface area contributed by atoms with Gasteiger partial charge in [0.1, 0.15) is 5.82 Å². The number of aromatic nitrogens is 2. The van der Waals surface area contributed by atoms with E-state index >= 15 is 0 Å². The van der Waals surface area contributed by atoms with Gasteiger partial charge in [-0.1, -0.05) is 0 Å². The summed E-state index contributed by atoms with van der Waals surface area (Å²) >= 11 is 0. The van der Waals surface area contributed by atoms with E-state index in [0.29, 0.717) is 5.91 Å². The molecule has 0 bridgehead atoms. The van der Waals surface area contributed by atoms with Crippen LogP contribution in [0.3, 0.4) is 0 Å². The second-order valence-electron chi connectivity index (χ2n) is 7.39. The molecule has 0 unspecified atom stereocenters. The Hall–Kier alpha value is -1.40. The number of carbonyl (C=O) groups is 1. The molecular formula is C17H29N5O. The first-order valence-corrected chi connectivity index (χ1v) is 8.63. The molecule has 0 N–H and O–H groups in total. The van der Waals surface area contributed by atoms with E-state index in [2.05, 4.69) is 38.3 Å². The lowest BCUT2D eigenvalue weighted by Crippen LogP contribution is -2.48. The second kappa shape index (κ2) is 6.61. The fourth-order valence-electron chi connectivity index (χ4n) is 3.92. The number of likely N-dealkylation sites (N-methyl/N-ethyl adjacent to an activating group) is 1. The van der Waals surface area contributed by atoms with Crippen molar-refractivity contribution < 1.29 is 4.79 Å². The number of aryl methyl sites for hydroxylation is 1. The lowest BCUT2D eigenvalue weighted by atomic mass is 9.78. The van der Waals surface area contributed by atoms with Gasteiger partial charge in [-0.2, -0.15) is 0 Å². The predicted octanol–water partition coefficient (Wildman–Crippen LogP) is 0.796. The van der Waals surface area contributed by atoms with Gasteiger partial charge in [-0.15, -0.1) is 0 Å². The van der Waals surface area contributed by atoms with Crippen LogP contribution in [0.5, 0.6) is 0 Å². The van der Waals surface area contributed by atoms with Crippen LogP contribution in [0.2, 0.25) is 0 Å². The Labute approximate surface area is 139 Å². The van der Waals surface area contributed by atoms with Gasteiger partial charge in [0.25, 0.3) is 0 Å². The number of imidazole rings is 1. The fourth-order valence-corrected chi connectivity index (χ4v) is 3.92. The molecule has 2 aliphatic rings. The molecule has 1 aromatic heterocycles. The Morgan fingerprint density at radius 2 is 2.13 bits per heavy atom. The average molecular weight is 319 g/mol. The van der Waals surface area contributed by atoms with Crippen molar-refractivity contribution in [1.82, 2.24) is 24.3 Å². The van der Waals surface area contributed by atoms with Crippen LogP contribution in [0.1, 0.15) is 25.1 Å². The predicted molar refractivity (Wildman–Crippen MR) is 89.9 cm³/mol. The summed E-state index contributed by atoms with van der Waals surface area (Å²) in [5, 5.41) is 0. The van der Waals surface area contributed by atoms with Crippen LogP contribution in [0.15, 0.2) is 12.4 Å². The monoisotopic (exact) mass is 319 g/mol. The largest absolute Gasteiger partial charge is 0.341 e. The maximum absolute atomic E-state index is 13.0. The summed E-state index contributed by atoms with van der Waals surface area (Å²) in [5.74, 6) is 1.46. The van der Waals surface area contributed by atoms with E-state index in [4.69, 9.17) is 0 Å². The number of amides is 1. The molecule has 23 heavy (non-hydrogen) atoms. The van der Waals surface area contributed by atoms with Crippen LogP contribution in [-0.2, 0) is 18.4 Å². The molecule has 0 radical (unpaired) electrons.